The fourth-order valence-electron chi connectivity index (χ4n) is 2.85. The number of ether oxygens (including phenoxy) is 1. The zero-order valence-electron chi connectivity index (χ0n) is 13.9. The van der Waals surface area contributed by atoms with E-state index in [1.54, 1.807) is 29.2 Å². The van der Waals surface area contributed by atoms with Gasteiger partial charge < -0.3 is 15.0 Å². The molecular weight excluding hydrogens is 340 g/mol. The van der Waals surface area contributed by atoms with Crippen molar-refractivity contribution in [3.8, 4) is 5.75 Å². The molecule has 0 saturated carbocycles. The van der Waals surface area contributed by atoms with Crippen molar-refractivity contribution in [1.29, 1.82) is 0 Å². The second kappa shape index (κ2) is 7.57. The molecule has 5 nitrogen and oxygen atoms in total. The minimum absolute atomic E-state index is 0.0802. The number of para-hydroxylation sites is 2. The van der Waals surface area contributed by atoms with E-state index >= 15 is 0 Å². The number of carbonyl (C=O) groups is 2. The van der Waals surface area contributed by atoms with Gasteiger partial charge in [-0.1, -0.05) is 23.7 Å². The maximum absolute atomic E-state index is 12.5. The van der Waals surface area contributed by atoms with Crippen molar-refractivity contribution in [2.24, 2.45) is 5.92 Å². The summed E-state index contributed by atoms with van der Waals surface area (Å²) in [5.74, 6) is -0.00885. The highest BCUT2D eigenvalue weighted by atomic mass is 35.5. The van der Waals surface area contributed by atoms with Crippen LogP contribution in [0.3, 0.4) is 0 Å². The minimum atomic E-state index is -0.405. The van der Waals surface area contributed by atoms with Crippen LogP contribution >= 0.6 is 11.6 Å². The largest absolute Gasteiger partial charge is 0.492 e. The zero-order chi connectivity index (χ0) is 17.8. The summed E-state index contributed by atoms with van der Waals surface area (Å²) < 4.78 is 5.59. The second-order valence-electron chi connectivity index (χ2n) is 5.80. The number of nitrogens with zero attached hydrogens (tertiary/aromatic N) is 1. The standard InChI is InChI=1S/C19H19ClN2O3/c1-2-25-17-6-4-3-5-16(17)22-12-13(11-18(22)23)19(24)21-15-9-7-14(20)8-10-15/h3-10,13H,2,11-12H2,1H3,(H,21,24)/t13-/m1/s1. The van der Waals surface area contributed by atoms with E-state index in [2.05, 4.69) is 5.32 Å². The Morgan fingerprint density at radius 2 is 1.96 bits per heavy atom. The summed E-state index contributed by atoms with van der Waals surface area (Å²) in [6.07, 6.45) is 0.180. The molecular formula is C19H19ClN2O3. The lowest BCUT2D eigenvalue weighted by atomic mass is 10.1. The molecule has 2 aromatic carbocycles. The van der Waals surface area contributed by atoms with Gasteiger partial charge in [0.25, 0.3) is 0 Å². The van der Waals surface area contributed by atoms with Gasteiger partial charge in [0.2, 0.25) is 11.8 Å². The molecule has 0 bridgehead atoms. The third kappa shape index (κ3) is 3.94. The maximum atomic E-state index is 12.5. The number of carbonyl (C=O) groups excluding carboxylic acids is 2. The number of nitrogens with one attached hydrogen (secondary N) is 1. The van der Waals surface area contributed by atoms with E-state index in [0.29, 0.717) is 35.3 Å². The monoisotopic (exact) mass is 358 g/mol. The average molecular weight is 359 g/mol. The molecule has 0 aromatic heterocycles. The van der Waals surface area contributed by atoms with E-state index in [0.717, 1.165) is 0 Å². The molecule has 130 valence electrons. The highest BCUT2D eigenvalue weighted by Gasteiger charge is 2.36. The molecule has 0 unspecified atom stereocenters. The number of hydrogen-bond donors (Lipinski definition) is 1. The Balaban J connectivity index is 1.72. The van der Waals surface area contributed by atoms with Crippen LogP contribution in [-0.2, 0) is 9.59 Å². The van der Waals surface area contributed by atoms with Crippen LogP contribution in [0.15, 0.2) is 48.5 Å². The van der Waals surface area contributed by atoms with E-state index in [4.69, 9.17) is 16.3 Å². The van der Waals surface area contributed by atoms with E-state index in [9.17, 15) is 9.59 Å². The molecule has 2 amide bonds. The van der Waals surface area contributed by atoms with E-state index < -0.39 is 5.92 Å². The van der Waals surface area contributed by atoms with E-state index in [1.165, 1.54) is 0 Å². The molecule has 1 aliphatic heterocycles. The Hall–Kier alpha value is -2.53. The van der Waals surface area contributed by atoms with Crippen molar-refractivity contribution in [1.82, 2.24) is 0 Å². The SMILES string of the molecule is CCOc1ccccc1N1C[C@H](C(=O)Nc2ccc(Cl)cc2)CC1=O. The normalized spacial score (nSPS) is 16.8. The molecule has 0 aliphatic carbocycles. The Bertz CT molecular complexity index is 776. The highest BCUT2D eigenvalue weighted by Crippen LogP contribution is 2.33. The number of anilines is 2. The number of benzene rings is 2. The predicted molar refractivity (Wildman–Crippen MR) is 98.2 cm³/mol. The van der Waals surface area contributed by atoms with Crippen molar-refractivity contribution in [2.75, 3.05) is 23.4 Å². The van der Waals surface area contributed by atoms with Crippen molar-refractivity contribution < 1.29 is 14.3 Å². The van der Waals surface area contributed by atoms with E-state index in [1.807, 2.05) is 31.2 Å². The molecule has 0 radical (unpaired) electrons. The number of halogens is 1. The van der Waals surface area contributed by atoms with Gasteiger partial charge in [-0.3, -0.25) is 9.59 Å². The van der Waals surface area contributed by atoms with Gasteiger partial charge in [-0.15, -0.1) is 0 Å². The lowest BCUT2D eigenvalue weighted by molar-refractivity contribution is -0.122. The summed E-state index contributed by atoms with van der Waals surface area (Å²) >= 11 is 5.85. The van der Waals surface area contributed by atoms with E-state index in [-0.39, 0.29) is 18.2 Å². The zero-order valence-corrected chi connectivity index (χ0v) is 14.6. The Morgan fingerprint density at radius 3 is 2.68 bits per heavy atom. The van der Waals surface area contributed by atoms with Gasteiger partial charge in [-0.05, 0) is 43.3 Å². The molecule has 3 rings (SSSR count). The maximum Gasteiger partial charge on any atom is 0.229 e. The second-order valence-corrected chi connectivity index (χ2v) is 6.24. The van der Waals surface area contributed by atoms with Gasteiger partial charge in [-0.25, -0.2) is 0 Å². The molecule has 1 heterocycles. The van der Waals surface area contributed by atoms with Gasteiger partial charge in [0, 0.05) is 23.7 Å². The summed E-state index contributed by atoms with van der Waals surface area (Å²) in [7, 11) is 0. The molecule has 6 heteroatoms. The first-order chi connectivity index (χ1) is 12.1. The van der Waals surface area contributed by atoms with Crippen molar-refractivity contribution in [3.63, 3.8) is 0 Å². The van der Waals surface area contributed by atoms with Crippen molar-refractivity contribution >= 4 is 34.8 Å². The van der Waals surface area contributed by atoms with Gasteiger partial charge >= 0.3 is 0 Å². The van der Waals surface area contributed by atoms with Crippen LogP contribution in [0.4, 0.5) is 11.4 Å². The first-order valence-corrected chi connectivity index (χ1v) is 8.55. The molecule has 1 fully saturated rings. The minimum Gasteiger partial charge on any atom is -0.492 e. The third-order valence-corrected chi connectivity index (χ3v) is 4.32. The number of amides is 2. The smallest absolute Gasteiger partial charge is 0.229 e. The molecule has 25 heavy (non-hydrogen) atoms. The molecule has 1 atom stereocenters. The molecule has 1 aliphatic rings. The third-order valence-electron chi connectivity index (χ3n) is 4.06. The lowest BCUT2D eigenvalue weighted by Crippen LogP contribution is -2.28. The summed E-state index contributed by atoms with van der Waals surface area (Å²) in [5.41, 5.74) is 1.37. The quantitative estimate of drug-likeness (QED) is 0.886. The van der Waals surface area contributed by atoms with Gasteiger partial charge in [0.15, 0.2) is 0 Å². The van der Waals surface area contributed by atoms with Crippen LogP contribution in [0.2, 0.25) is 5.02 Å². The Morgan fingerprint density at radius 1 is 1.24 bits per heavy atom. The molecule has 1 saturated heterocycles. The Kier molecular flexibility index (Phi) is 5.24. The summed E-state index contributed by atoms with van der Waals surface area (Å²) in [5, 5.41) is 3.44. The van der Waals surface area contributed by atoms with Crippen LogP contribution < -0.4 is 15.0 Å². The average Bonchev–Trinajstić information content (AvgIpc) is 2.99. The molecule has 2 aromatic rings. The Labute approximate surface area is 151 Å². The highest BCUT2D eigenvalue weighted by molar-refractivity contribution is 6.30. The van der Waals surface area contributed by atoms with Crippen LogP contribution in [0.25, 0.3) is 0 Å². The lowest BCUT2D eigenvalue weighted by Gasteiger charge is -2.20. The summed E-state index contributed by atoms with van der Waals surface area (Å²) in [4.78, 5) is 26.5. The van der Waals surface area contributed by atoms with Crippen molar-refractivity contribution in [3.05, 3.63) is 53.6 Å². The van der Waals surface area contributed by atoms with Crippen LogP contribution in [0.1, 0.15) is 13.3 Å². The molecule has 0 spiro atoms. The first kappa shape index (κ1) is 17.3. The topological polar surface area (TPSA) is 58.6 Å². The van der Waals surface area contributed by atoms with Gasteiger partial charge in [0.05, 0.1) is 18.2 Å². The van der Waals surface area contributed by atoms with Crippen molar-refractivity contribution in [2.45, 2.75) is 13.3 Å². The summed E-state index contributed by atoms with van der Waals surface area (Å²) in [6.45, 7) is 2.74. The first-order valence-electron chi connectivity index (χ1n) is 8.17. The fraction of sp³-hybridized carbons (Fsp3) is 0.263. The molecule has 1 N–H and O–H groups in total. The number of hydrogen-bond acceptors (Lipinski definition) is 3. The number of rotatable bonds is 5. The van der Waals surface area contributed by atoms with Crippen LogP contribution in [0.5, 0.6) is 5.75 Å². The van der Waals surface area contributed by atoms with Crippen LogP contribution in [0, 0.1) is 5.92 Å². The predicted octanol–water partition coefficient (Wildman–Crippen LogP) is 3.73. The van der Waals surface area contributed by atoms with Crippen LogP contribution in [-0.4, -0.2) is 25.0 Å². The fourth-order valence-corrected chi connectivity index (χ4v) is 2.98. The van der Waals surface area contributed by atoms with Gasteiger partial charge in [-0.2, -0.15) is 0 Å². The van der Waals surface area contributed by atoms with Gasteiger partial charge in [0.1, 0.15) is 5.75 Å². The summed E-state index contributed by atoms with van der Waals surface area (Å²) in [6, 6.07) is 14.3.